The van der Waals surface area contributed by atoms with E-state index in [9.17, 15) is 4.79 Å². The van der Waals surface area contributed by atoms with Crippen LogP contribution in [-0.2, 0) is 5.54 Å². The lowest BCUT2D eigenvalue weighted by molar-refractivity contribution is 0.0874. The van der Waals surface area contributed by atoms with Gasteiger partial charge in [0, 0.05) is 0 Å². The van der Waals surface area contributed by atoms with Gasteiger partial charge in [-0.1, -0.05) is 17.8 Å². The molecule has 1 atom stereocenters. The van der Waals surface area contributed by atoms with Crippen molar-refractivity contribution in [1.82, 2.24) is 20.4 Å². The molecule has 25 heavy (non-hydrogen) atoms. The Labute approximate surface area is 151 Å². The van der Waals surface area contributed by atoms with Crippen LogP contribution in [-0.4, -0.2) is 34.1 Å². The van der Waals surface area contributed by atoms with Gasteiger partial charge in [0.2, 0.25) is 5.13 Å². The van der Waals surface area contributed by atoms with Crippen LogP contribution in [0.1, 0.15) is 67.4 Å². The van der Waals surface area contributed by atoms with Gasteiger partial charge in [0.05, 0.1) is 11.6 Å². The minimum absolute atomic E-state index is 0.179. The van der Waals surface area contributed by atoms with Crippen molar-refractivity contribution in [3.8, 4) is 0 Å². The molecule has 3 rings (SSSR count). The first-order valence-corrected chi connectivity index (χ1v) is 9.44. The number of carbonyl (C=O) groups is 1. The van der Waals surface area contributed by atoms with E-state index >= 15 is 0 Å². The lowest BCUT2D eigenvalue weighted by atomic mass is 10.1. The van der Waals surface area contributed by atoms with Crippen molar-refractivity contribution in [2.75, 3.05) is 18.8 Å². The molecule has 2 aromatic rings. The van der Waals surface area contributed by atoms with E-state index in [-0.39, 0.29) is 11.9 Å². The van der Waals surface area contributed by atoms with E-state index in [0.29, 0.717) is 15.9 Å². The average molecular weight is 363 g/mol. The first-order chi connectivity index (χ1) is 11.9. The van der Waals surface area contributed by atoms with Gasteiger partial charge in [0.15, 0.2) is 5.76 Å². The largest absolute Gasteiger partial charge is 0.454 e. The van der Waals surface area contributed by atoms with Crippen molar-refractivity contribution in [2.24, 2.45) is 0 Å². The highest BCUT2D eigenvalue weighted by Gasteiger charge is 2.29. The molecule has 0 aliphatic carbocycles. The van der Waals surface area contributed by atoms with E-state index < -0.39 is 5.54 Å². The molecule has 0 spiro atoms. The Morgan fingerprint density at radius 3 is 2.68 bits per heavy atom. The summed E-state index contributed by atoms with van der Waals surface area (Å²) in [6.07, 6.45) is 3.73. The Hall–Kier alpha value is -1.93. The van der Waals surface area contributed by atoms with Crippen LogP contribution < -0.4 is 11.1 Å². The zero-order chi connectivity index (χ0) is 18.0. The highest BCUT2D eigenvalue weighted by molar-refractivity contribution is 7.15. The van der Waals surface area contributed by atoms with Crippen LogP contribution in [0.3, 0.4) is 0 Å². The summed E-state index contributed by atoms with van der Waals surface area (Å²) in [4.78, 5) is 15.0. The summed E-state index contributed by atoms with van der Waals surface area (Å²) in [6, 6.07) is 3.80. The normalized spacial score (nSPS) is 17.4. The third kappa shape index (κ3) is 4.01. The van der Waals surface area contributed by atoms with Gasteiger partial charge >= 0.3 is 0 Å². The number of likely N-dealkylation sites (tertiary alicyclic amines) is 1. The Morgan fingerprint density at radius 1 is 1.32 bits per heavy atom. The molecule has 1 saturated heterocycles. The molecule has 1 unspecified atom stereocenters. The summed E-state index contributed by atoms with van der Waals surface area (Å²) >= 11 is 1.26. The van der Waals surface area contributed by atoms with Gasteiger partial charge in [-0.15, -0.1) is 10.2 Å². The Balaban J connectivity index is 1.68. The minimum Gasteiger partial charge on any atom is -0.454 e. The standard InChI is InChI=1S/C17H25N5O2S/c1-11(22-9-5-4-6-10-22)12-7-8-13(24-12)14(23)19-17(2,3)15-20-21-16(18)25-15/h7-8,11H,4-6,9-10H2,1-3H3,(H2,18,21)(H,19,23). The monoisotopic (exact) mass is 363 g/mol. The fourth-order valence-electron chi connectivity index (χ4n) is 3.07. The predicted octanol–water partition coefficient (Wildman–Crippen LogP) is 2.93. The molecule has 0 bridgehead atoms. The number of piperidine rings is 1. The van der Waals surface area contributed by atoms with Crippen LogP contribution in [0.2, 0.25) is 0 Å². The average Bonchev–Trinajstić information content (AvgIpc) is 3.24. The maximum atomic E-state index is 12.6. The zero-order valence-corrected chi connectivity index (χ0v) is 15.7. The summed E-state index contributed by atoms with van der Waals surface area (Å²) in [5, 5.41) is 11.8. The van der Waals surface area contributed by atoms with Gasteiger partial charge < -0.3 is 15.5 Å². The quantitative estimate of drug-likeness (QED) is 0.848. The molecular weight excluding hydrogens is 338 g/mol. The van der Waals surface area contributed by atoms with E-state index in [0.717, 1.165) is 18.8 Å². The van der Waals surface area contributed by atoms with Crippen molar-refractivity contribution in [1.29, 1.82) is 0 Å². The van der Waals surface area contributed by atoms with Gasteiger partial charge in [-0.3, -0.25) is 9.69 Å². The highest BCUT2D eigenvalue weighted by Crippen LogP contribution is 2.27. The Morgan fingerprint density at radius 2 is 2.04 bits per heavy atom. The molecule has 0 radical (unpaired) electrons. The first kappa shape index (κ1) is 17.9. The number of nitrogens with two attached hydrogens (primary N) is 1. The van der Waals surface area contributed by atoms with Crippen molar-refractivity contribution in [3.63, 3.8) is 0 Å². The number of hydrogen-bond donors (Lipinski definition) is 2. The summed E-state index contributed by atoms with van der Waals surface area (Å²) in [6.45, 7) is 8.01. The SMILES string of the molecule is CC(c1ccc(C(=O)NC(C)(C)c2nnc(N)s2)o1)N1CCCCC1. The molecule has 8 heteroatoms. The van der Waals surface area contributed by atoms with Gasteiger partial charge in [-0.25, -0.2) is 0 Å². The summed E-state index contributed by atoms with van der Waals surface area (Å²) in [5.74, 6) is 0.866. The number of furan rings is 1. The molecule has 1 aliphatic heterocycles. The fourth-order valence-corrected chi connectivity index (χ4v) is 3.74. The Bertz CT molecular complexity index is 733. The number of anilines is 1. The minimum atomic E-state index is -0.669. The summed E-state index contributed by atoms with van der Waals surface area (Å²) in [5.41, 5.74) is 4.96. The number of carbonyl (C=O) groups excluding carboxylic acids is 1. The molecule has 2 aromatic heterocycles. The number of amides is 1. The molecule has 0 aromatic carbocycles. The Kier molecular flexibility index (Phi) is 5.10. The van der Waals surface area contributed by atoms with Gasteiger partial charge in [0.1, 0.15) is 10.8 Å². The molecule has 3 N–H and O–H groups in total. The van der Waals surface area contributed by atoms with Crippen LogP contribution in [0.5, 0.6) is 0 Å². The molecular formula is C17H25N5O2S. The van der Waals surface area contributed by atoms with E-state index in [4.69, 9.17) is 10.2 Å². The van der Waals surface area contributed by atoms with Crippen LogP contribution in [0.4, 0.5) is 5.13 Å². The third-order valence-electron chi connectivity index (χ3n) is 4.60. The second kappa shape index (κ2) is 7.13. The molecule has 1 aliphatic rings. The van der Waals surface area contributed by atoms with E-state index in [1.54, 1.807) is 6.07 Å². The fraction of sp³-hybridized carbons (Fsp3) is 0.588. The maximum Gasteiger partial charge on any atom is 0.287 e. The number of nitrogens with zero attached hydrogens (tertiary/aromatic N) is 3. The lowest BCUT2D eigenvalue weighted by Gasteiger charge is -2.31. The topological polar surface area (TPSA) is 97.3 Å². The second-order valence-corrected chi connectivity index (χ2v) is 8.01. The smallest absolute Gasteiger partial charge is 0.287 e. The van der Waals surface area contributed by atoms with Crippen LogP contribution >= 0.6 is 11.3 Å². The number of rotatable bonds is 5. The van der Waals surface area contributed by atoms with E-state index in [1.165, 1.54) is 30.6 Å². The van der Waals surface area contributed by atoms with Gasteiger partial charge in [-0.05, 0) is 58.8 Å². The van der Waals surface area contributed by atoms with Gasteiger partial charge in [0.25, 0.3) is 5.91 Å². The second-order valence-electron chi connectivity index (χ2n) is 7.00. The van der Waals surface area contributed by atoms with Gasteiger partial charge in [-0.2, -0.15) is 0 Å². The van der Waals surface area contributed by atoms with Crippen LogP contribution in [0.15, 0.2) is 16.5 Å². The van der Waals surface area contributed by atoms with E-state index in [1.807, 2.05) is 19.9 Å². The van der Waals surface area contributed by atoms with Crippen LogP contribution in [0.25, 0.3) is 0 Å². The van der Waals surface area contributed by atoms with Crippen molar-refractivity contribution < 1.29 is 9.21 Å². The first-order valence-electron chi connectivity index (χ1n) is 8.62. The molecule has 1 fully saturated rings. The lowest BCUT2D eigenvalue weighted by Crippen LogP contribution is -2.40. The molecule has 0 saturated carbocycles. The van der Waals surface area contributed by atoms with E-state index in [2.05, 4.69) is 27.3 Å². The zero-order valence-electron chi connectivity index (χ0n) is 14.9. The van der Waals surface area contributed by atoms with Crippen molar-refractivity contribution in [2.45, 2.75) is 51.6 Å². The number of nitrogen functional groups attached to an aromatic ring is 1. The number of nitrogens with one attached hydrogen (secondary N) is 1. The molecule has 3 heterocycles. The van der Waals surface area contributed by atoms with Crippen molar-refractivity contribution in [3.05, 3.63) is 28.7 Å². The number of hydrogen-bond acceptors (Lipinski definition) is 7. The predicted molar refractivity (Wildman–Crippen MR) is 97.4 cm³/mol. The summed E-state index contributed by atoms with van der Waals surface area (Å²) < 4.78 is 5.84. The van der Waals surface area contributed by atoms with Crippen LogP contribution in [0, 0.1) is 0 Å². The molecule has 7 nitrogen and oxygen atoms in total. The molecule has 136 valence electrons. The summed E-state index contributed by atoms with van der Waals surface area (Å²) in [7, 11) is 0. The maximum absolute atomic E-state index is 12.6. The highest BCUT2D eigenvalue weighted by atomic mass is 32.1. The van der Waals surface area contributed by atoms with Crippen molar-refractivity contribution >= 4 is 22.4 Å². The molecule has 1 amide bonds. The number of aromatic nitrogens is 2. The third-order valence-corrected chi connectivity index (χ3v) is 5.68.